The first-order valence-corrected chi connectivity index (χ1v) is 11.5. The van der Waals surface area contributed by atoms with Gasteiger partial charge in [-0.2, -0.15) is 0 Å². The molecule has 0 aliphatic carbocycles. The van der Waals surface area contributed by atoms with E-state index in [0.717, 1.165) is 27.9 Å². The van der Waals surface area contributed by atoms with Crippen molar-refractivity contribution in [1.82, 2.24) is 14.9 Å². The van der Waals surface area contributed by atoms with Crippen molar-refractivity contribution in [3.8, 4) is 0 Å². The molecule has 1 saturated heterocycles. The van der Waals surface area contributed by atoms with Crippen molar-refractivity contribution < 1.29 is 9.90 Å². The summed E-state index contributed by atoms with van der Waals surface area (Å²) in [6.45, 7) is 5.44. The van der Waals surface area contributed by atoms with Crippen LogP contribution in [0.4, 0.5) is 5.69 Å². The smallest absolute Gasteiger partial charge is 0.253 e. The number of nitrogens with one attached hydrogen (secondary N) is 1. The van der Waals surface area contributed by atoms with Crippen LogP contribution >= 0.6 is 11.9 Å². The van der Waals surface area contributed by atoms with Crippen molar-refractivity contribution in [1.29, 1.82) is 0 Å². The van der Waals surface area contributed by atoms with Gasteiger partial charge in [0, 0.05) is 48.3 Å². The summed E-state index contributed by atoms with van der Waals surface area (Å²) in [6.07, 6.45) is 7.44. The SMILES string of the molecule is CC(C)CC1(O)CCN(C(=O)c2ccc(NSc3cncc4cccnc34)cc2)CC1. The highest BCUT2D eigenvalue weighted by molar-refractivity contribution is 8.00. The Hall–Kier alpha value is -2.64. The Balaban J connectivity index is 1.35. The van der Waals surface area contributed by atoms with E-state index in [9.17, 15) is 9.90 Å². The van der Waals surface area contributed by atoms with Gasteiger partial charge in [-0.05, 0) is 73.5 Å². The van der Waals surface area contributed by atoms with Crippen LogP contribution in [-0.4, -0.2) is 44.6 Å². The van der Waals surface area contributed by atoms with Gasteiger partial charge in [-0.15, -0.1) is 0 Å². The zero-order chi connectivity index (χ0) is 21.8. The molecule has 1 aliphatic rings. The number of hydrogen-bond donors (Lipinski definition) is 2. The highest BCUT2D eigenvalue weighted by atomic mass is 32.2. The predicted molar refractivity (Wildman–Crippen MR) is 125 cm³/mol. The third-order valence-corrected chi connectivity index (χ3v) is 6.51. The molecule has 0 spiro atoms. The highest BCUT2D eigenvalue weighted by Gasteiger charge is 2.34. The molecule has 2 aromatic heterocycles. The van der Waals surface area contributed by atoms with E-state index in [0.29, 0.717) is 37.4 Å². The first-order chi connectivity index (χ1) is 14.9. The van der Waals surface area contributed by atoms with Gasteiger partial charge in [-0.1, -0.05) is 13.8 Å². The third-order valence-electron chi connectivity index (χ3n) is 5.66. The number of nitrogens with zero attached hydrogens (tertiary/aromatic N) is 3. The fourth-order valence-electron chi connectivity index (χ4n) is 4.12. The van der Waals surface area contributed by atoms with Gasteiger partial charge in [0.2, 0.25) is 0 Å². The van der Waals surface area contributed by atoms with Gasteiger partial charge in [0.05, 0.1) is 16.0 Å². The average molecular weight is 437 g/mol. The second kappa shape index (κ2) is 9.24. The molecule has 6 nitrogen and oxygen atoms in total. The molecule has 1 amide bonds. The van der Waals surface area contributed by atoms with Crippen molar-refractivity contribution in [2.45, 2.75) is 43.6 Å². The fourth-order valence-corrected chi connectivity index (χ4v) is 4.86. The molecule has 2 N–H and O–H groups in total. The van der Waals surface area contributed by atoms with Crippen molar-refractivity contribution in [3.05, 3.63) is 60.6 Å². The van der Waals surface area contributed by atoms with Crippen LogP contribution in [0.3, 0.4) is 0 Å². The standard InChI is InChI=1S/C24H28N4O2S/c1-17(2)14-24(30)9-12-28(13-10-24)23(29)18-5-7-20(8-6-18)27-31-21-16-25-15-19-4-3-11-26-22(19)21/h3-8,11,15-17,27,30H,9-10,12-14H2,1-2H3. The Labute approximate surface area is 187 Å². The molecule has 1 aliphatic heterocycles. The normalized spacial score (nSPS) is 15.9. The molecule has 0 bridgehead atoms. The van der Waals surface area contributed by atoms with E-state index < -0.39 is 5.60 Å². The molecule has 0 atom stereocenters. The van der Waals surface area contributed by atoms with E-state index in [2.05, 4.69) is 28.5 Å². The summed E-state index contributed by atoms with van der Waals surface area (Å²) in [5.41, 5.74) is 1.84. The molecule has 7 heteroatoms. The van der Waals surface area contributed by atoms with Crippen LogP contribution in [0.25, 0.3) is 10.9 Å². The maximum absolute atomic E-state index is 12.9. The predicted octanol–water partition coefficient (Wildman–Crippen LogP) is 4.76. The maximum Gasteiger partial charge on any atom is 0.253 e. The number of piperidine rings is 1. The number of pyridine rings is 2. The molecule has 31 heavy (non-hydrogen) atoms. The first-order valence-electron chi connectivity index (χ1n) is 10.7. The number of fused-ring (bicyclic) bond motifs is 1. The van der Waals surface area contributed by atoms with Crippen LogP contribution in [0.1, 0.15) is 43.5 Å². The third kappa shape index (κ3) is 5.17. The number of aliphatic hydroxyl groups is 1. The van der Waals surface area contributed by atoms with Gasteiger partial charge in [0.25, 0.3) is 5.91 Å². The van der Waals surface area contributed by atoms with Crippen LogP contribution in [-0.2, 0) is 0 Å². The maximum atomic E-state index is 12.9. The number of anilines is 1. The molecular weight excluding hydrogens is 408 g/mol. The molecular formula is C24H28N4O2S. The van der Waals surface area contributed by atoms with Gasteiger partial charge < -0.3 is 14.7 Å². The average Bonchev–Trinajstić information content (AvgIpc) is 2.77. The minimum atomic E-state index is -0.638. The highest BCUT2D eigenvalue weighted by Crippen LogP contribution is 2.30. The van der Waals surface area contributed by atoms with E-state index in [1.165, 1.54) is 11.9 Å². The lowest BCUT2D eigenvalue weighted by Crippen LogP contribution is -2.47. The Morgan fingerprint density at radius 1 is 1.19 bits per heavy atom. The molecule has 0 unspecified atom stereocenters. The number of carbonyl (C=O) groups excluding carboxylic acids is 1. The summed E-state index contributed by atoms with van der Waals surface area (Å²) < 4.78 is 3.31. The zero-order valence-electron chi connectivity index (χ0n) is 17.9. The van der Waals surface area contributed by atoms with E-state index >= 15 is 0 Å². The van der Waals surface area contributed by atoms with E-state index in [1.54, 1.807) is 18.6 Å². The summed E-state index contributed by atoms with van der Waals surface area (Å²) in [4.78, 5) is 24.4. The molecule has 4 rings (SSSR count). The second-order valence-electron chi connectivity index (χ2n) is 8.61. The Bertz CT molecular complexity index is 1040. The molecule has 162 valence electrons. The summed E-state index contributed by atoms with van der Waals surface area (Å²) in [6, 6.07) is 11.4. The zero-order valence-corrected chi connectivity index (χ0v) is 18.7. The van der Waals surface area contributed by atoms with Crippen LogP contribution < -0.4 is 4.72 Å². The van der Waals surface area contributed by atoms with E-state index in [-0.39, 0.29) is 5.91 Å². The molecule has 3 aromatic rings. The summed E-state index contributed by atoms with van der Waals surface area (Å²) in [5.74, 6) is 0.471. The number of rotatable bonds is 6. The van der Waals surface area contributed by atoms with Gasteiger partial charge in [0.1, 0.15) is 0 Å². The summed E-state index contributed by atoms with van der Waals surface area (Å²) in [5, 5.41) is 11.7. The lowest BCUT2D eigenvalue weighted by atomic mass is 9.84. The number of likely N-dealkylation sites (tertiary alicyclic amines) is 1. The minimum Gasteiger partial charge on any atom is -0.390 e. The van der Waals surface area contributed by atoms with Crippen molar-refractivity contribution >= 4 is 34.4 Å². The van der Waals surface area contributed by atoms with Crippen LogP contribution in [0.2, 0.25) is 0 Å². The first kappa shape index (κ1) is 21.6. The number of aromatic nitrogens is 2. The largest absolute Gasteiger partial charge is 0.390 e. The monoisotopic (exact) mass is 436 g/mol. The molecule has 1 aromatic carbocycles. The van der Waals surface area contributed by atoms with Gasteiger partial charge in [-0.25, -0.2) is 0 Å². The number of carbonyl (C=O) groups is 1. The van der Waals surface area contributed by atoms with E-state index in [1.807, 2.05) is 41.3 Å². The number of amides is 1. The minimum absolute atomic E-state index is 0.0215. The molecule has 1 fully saturated rings. The number of benzene rings is 1. The summed E-state index contributed by atoms with van der Waals surface area (Å²) >= 11 is 1.45. The van der Waals surface area contributed by atoms with Crippen LogP contribution in [0, 0.1) is 5.92 Å². The Morgan fingerprint density at radius 2 is 1.94 bits per heavy atom. The Kier molecular flexibility index (Phi) is 6.43. The number of hydrogen-bond acceptors (Lipinski definition) is 6. The van der Waals surface area contributed by atoms with E-state index in [4.69, 9.17) is 0 Å². The van der Waals surface area contributed by atoms with Gasteiger partial charge >= 0.3 is 0 Å². The van der Waals surface area contributed by atoms with Crippen molar-refractivity contribution in [2.24, 2.45) is 5.92 Å². The second-order valence-corrected chi connectivity index (χ2v) is 9.46. The lowest BCUT2D eigenvalue weighted by molar-refractivity contribution is -0.0311. The summed E-state index contributed by atoms with van der Waals surface area (Å²) in [7, 11) is 0. The van der Waals surface area contributed by atoms with Crippen LogP contribution in [0.5, 0.6) is 0 Å². The quantitative estimate of drug-likeness (QED) is 0.543. The van der Waals surface area contributed by atoms with Crippen LogP contribution in [0.15, 0.2) is 59.9 Å². The van der Waals surface area contributed by atoms with Gasteiger partial charge in [0.15, 0.2) is 0 Å². The lowest BCUT2D eigenvalue weighted by Gasteiger charge is -2.39. The molecule has 0 radical (unpaired) electrons. The molecule has 0 saturated carbocycles. The van der Waals surface area contributed by atoms with Crippen molar-refractivity contribution in [3.63, 3.8) is 0 Å². The van der Waals surface area contributed by atoms with Gasteiger partial charge in [-0.3, -0.25) is 14.8 Å². The van der Waals surface area contributed by atoms with Crippen molar-refractivity contribution in [2.75, 3.05) is 17.8 Å². The Morgan fingerprint density at radius 3 is 2.65 bits per heavy atom. The fraction of sp³-hybridized carbons (Fsp3) is 0.375. The topological polar surface area (TPSA) is 78.4 Å². The molecule has 3 heterocycles.